The van der Waals surface area contributed by atoms with Crippen LogP contribution in [0.4, 0.5) is 11.6 Å². The predicted molar refractivity (Wildman–Crippen MR) is 103 cm³/mol. The van der Waals surface area contributed by atoms with E-state index in [2.05, 4.69) is 15.3 Å². The smallest absolute Gasteiger partial charge is 0.272 e. The van der Waals surface area contributed by atoms with Crippen LogP contribution in [-0.4, -0.2) is 27.3 Å². The van der Waals surface area contributed by atoms with Gasteiger partial charge in [0, 0.05) is 25.0 Å². The second kappa shape index (κ2) is 8.25. The van der Waals surface area contributed by atoms with Crippen molar-refractivity contribution in [3.8, 4) is 0 Å². The quantitative estimate of drug-likeness (QED) is 0.727. The molecule has 0 fully saturated rings. The maximum absolute atomic E-state index is 12.8. The number of nitrogens with zero attached hydrogens (tertiary/aromatic N) is 3. The van der Waals surface area contributed by atoms with Crippen molar-refractivity contribution in [2.24, 2.45) is 0 Å². The van der Waals surface area contributed by atoms with Gasteiger partial charge in [-0.05, 0) is 37.6 Å². The Morgan fingerprint density at radius 3 is 2.46 bits per heavy atom. The van der Waals surface area contributed by atoms with Gasteiger partial charge in [0.05, 0.1) is 0 Å². The number of hydrogen-bond acceptors (Lipinski definition) is 4. The van der Waals surface area contributed by atoms with Gasteiger partial charge in [-0.15, -0.1) is 0 Å². The molecule has 0 aliphatic rings. The molecule has 26 heavy (non-hydrogen) atoms. The van der Waals surface area contributed by atoms with Crippen LogP contribution < -0.4 is 5.32 Å². The molecule has 132 valence electrons. The van der Waals surface area contributed by atoms with E-state index in [-0.39, 0.29) is 5.91 Å². The van der Waals surface area contributed by atoms with E-state index in [9.17, 15) is 4.79 Å². The molecule has 0 saturated carbocycles. The third kappa shape index (κ3) is 4.45. The van der Waals surface area contributed by atoms with Crippen LogP contribution in [0.25, 0.3) is 0 Å². The van der Waals surface area contributed by atoms with Crippen molar-refractivity contribution in [1.29, 1.82) is 0 Å². The van der Waals surface area contributed by atoms with Crippen molar-refractivity contribution in [2.75, 3.05) is 11.9 Å². The van der Waals surface area contributed by atoms with Crippen molar-refractivity contribution in [3.05, 3.63) is 83.7 Å². The average molecular weight is 346 g/mol. The standard InChI is InChI=1S/C21H22N4O/c1-3-25(15-17-7-5-4-6-8-17)20(26)19-13-14-22-21(24-19)23-18-11-9-16(2)10-12-18/h4-14H,3,15H2,1-2H3,(H,22,23,24). The van der Waals surface area contributed by atoms with E-state index in [0.717, 1.165) is 11.3 Å². The van der Waals surface area contributed by atoms with Gasteiger partial charge in [0.1, 0.15) is 5.69 Å². The highest BCUT2D eigenvalue weighted by Crippen LogP contribution is 2.15. The molecule has 3 aromatic rings. The SMILES string of the molecule is CCN(Cc1ccccc1)C(=O)c1ccnc(Nc2ccc(C)cc2)n1. The van der Waals surface area contributed by atoms with E-state index in [1.165, 1.54) is 5.56 Å². The van der Waals surface area contributed by atoms with Crippen LogP contribution in [0.15, 0.2) is 66.9 Å². The van der Waals surface area contributed by atoms with E-state index in [4.69, 9.17) is 0 Å². The molecular formula is C21H22N4O. The zero-order valence-corrected chi connectivity index (χ0v) is 15.0. The van der Waals surface area contributed by atoms with Gasteiger partial charge in [-0.2, -0.15) is 0 Å². The molecule has 3 rings (SSSR count). The number of amides is 1. The highest BCUT2D eigenvalue weighted by molar-refractivity contribution is 5.92. The number of nitrogens with one attached hydrogen (secondary N) is 1. The van der Waals surface area contributed by atoms with E-state index in [1.54, 1.807) is 17.2 Å². The molecule has 0 aliphatic carbocycles. The summed E-state index contributed by atoms with van der Waals surface area (Å²) in [5.74, 6) is 0.307. The Labute approximate surface area is 153 Å². The summed E-state index contributed by atoms with van der Waals surface area (Å²) in [6.07, 6.45) is 1.60. The van der Waals surface area contributed by atoms with Gasteiger partial charge in [0.15, 0.2) is 0 Å². The summed E-state index contributed by atoms with van der Waals surface area (Å²) in [6.45, 7) is 5.17. The predicted octanol–water partition coefficient (Wildman–Crippen LogP) is 4.19. The Balaban J connectivity index is 1.75. The molecule has 0 spiro atoms. The Morgan fingerprint density at radius 2 is 1.77 bits per heavy atom. The summed E-state index contributed by atoms with van der Waals surface area (Å²) in [7, 11) is 0. The van der Waals surface area contributed by atoms with Gasteiger partial charge in [-0.3, -0.25) is 4.79 Å². The minimum Gasteiger partial charge on any atom is -0.333 e. The first-order chi connectivity index (χ1) is 12.7. The second-order valence-corrected chi connectivity index (χ2v) is 6.06. The fourth-order valence-corrected chi connectivity index (χ4v) is 2.60. The Hall–Kier alpha value is -3.21. The number of carbonyl (C=O) groups is 1. The molecule has 0 bridgehead atoms. The molecule has 0 unspecified atom stereocenters. The van der Waals surface area contributed by atoms with Crippen molar-refractivity contribution >= 4 is 17.5 Å². The van der Waals surface area contributed by atoms with Gasteiger partial charge in [-0.25, -0.2) is 9.97 Å². The van der Waals surface area contributed by atoms with Gasteiger partial charge in [0.2, 0.25) is 5.95 Å². The second-order valence-electron chi connectivity index (χ2n) is 6.06. The number of rotatable bonds is 6. The van der Waals surface area contributed by atoms with Crippen LogP contribution in [-0.2, 0) is 6.54 Å². The Bertz CT molecular complexity index is 863. The number of hydrogen-bond donors (Lipinski definition) is 1. The molecule has 0 atom stereocenters. The van der Waals surface area contributed by atoms with Crippen LogP contribution in [0.3, 0.4) is 0 Å². The molecule has 0 saturated heterocycles. The molecule has 5 heteroatoms. The van der Waals surface area contributed by atoms with Crippen LogP contribution in [0, 0.1) is 6.92 Å². The fourth-order valence-electron chi connectivity index (χ4n) is 2.60. The first kappa shape index (κ1) is 17.6. The first-order valence-electron chi connectivity index (χ1n) is 8.65. The molecular weight excluding hydrogens is 324 g/mol. The van der Waals surface area contributed by atoms with E-state index >= 15 is 0 Å². The summed E-state index contributed by atoms with van der Waals surface area (Å²) >= 11 is 0. The lowest BCUT2D eigenvalue weighted by molar-refractivity contribution is 0.0746. The summed E-state index contributed by atoms with van der Waals surface area (Å²) < 4.78 is 0. The lowest BCUT2D eigenvalue weighted by atomic mass is 10.2. The molecule has 2 aromatic carbocycles. The Morgan fingerprint density at radius 1 is 1.04 bits per heavy atom. The number of carbonyl (C=O) groups excluding carboxylic acids is 1. The maximum Gasteiger partial charge on any atom is 0.272 e. The molecule has 5 nitrogen and oxygen atoms in total. The van der Waals surface area contributed by atoms with Crippen LogP contribution in [0.1, 0.15) is 28.5 Å². The van der Waals surface area contributed by atoms with E-state index in [0.29, 0.717) is 24.7 Å². The monoisotopic (exact) mass is 346 g/mol. The number of aromatic nitrogens is 2. The first-order valence-corrected chi connectivity index (χ1v) is 8.65. The number of benzene rings is 2. The zero-order chi connectivity index (χ0) is 18.4. The Kier molecular flexibility index (Phi) is 5.59. The lowest BCUT2D eigenvalue weighted by Crippen LogP contribution is -2.31. The fraction of sp³-hybridized carbons (Fsp3) is 0.190. The summed E-state index contributed by atoms with van der Waals surface area (Å²) in [4.78, 5) is 23.2. The minimum absolute atomic E-state index is 0.106. The lowest BCUT2D eigenvalue weighted by Gasteiger charge is -2.20. The summed E-state index contributed by atoms with van der Waals surface area (Å²) in [5.41, 5.74) is 3.54. The molecule has 0 radical (unpaired) electrons. The van der Waals surface area contributed by atoms with Crippen molar-refractivity contribution in [3.63, 3.8) is 0 Å². The third-order valence-corrected chi connectivity index (χ3v) is 4.07. The minimum atomic E-state index is -0.106. The normalized spacial score (nSPS) is 10.4. The van der Waals surface area contributed by atoms with Crippen LogP contribution >= 0.6 is 0 Å². The molecule has 1 amide bonds. The largest absolute Gasteiger partial charge is 0.333 e. The van der Waals surface area contributed by atoms with Gasteiger partial charge in [0.25, 0.3) is 5.91 Å². The maximum atomic E-state index is 12.8. The van der Waals surface area contributed by atoms with Crippen LogP contribution in [0.2, 0.25) is 0 Å². The van der Waals surface area contributed by atoms with Gasteiger partial charge in [-0.1, -0.05) is 48.0 Å². The number of anilines is 2. The summed E-state index contributed by atoms with van der Waals surface area (Å²) in [6, 6.07) is 19.5. The highest BCUT2D eigenvalue weighted by atomic mass is 16.2. The average Bonchev–Trinajstić information content (AvgIpc) is 2.68. The topological polar surface area (TPSA) is 58.1 Å². The van der Waals surface area contributed by atoms with E-state index in [1.807, 2.05) is 68.4 Å². The zero-order valence-electron chi connectivity index (χ0n) is 15.0. The number of aryl methyl sites for hydroxylation is 1. The molecule has 0 aliphatic heterocycles. The molecule has 1 N–H and O–H groups in total. The van der Waals surface area contributed by atoms with E-state index < -0.39 is 0 Å². The van der Waals surface area contributed by atoms with Crippen molar-refractivity contribution in [2.45, 2.75) is 20.4 Å². The van der Waals surface area contributed by atoms with Gasteiger partial charge < -0.3 is 10.2 Å². The van der Waals surface area contributed by atoms with Gasteiger partial charge >= 0.3 is 0 Å². The van der Waals surface area contributed by atoms with Crippen molar-refractivity contribution < 1.29 is 4.79 Å². The van der Waals surface area contributed by atoms with Crippen LogP contribution in [0.5, 0.6) is 0 Å². The summed E-state index contributed by atoms with van der Waals surface area (Å²) in [5, 5.41) is 3.14. The molecule has 1 heterocycles. The highest BCUT2D eigenvalue weighted by Gasteiger charge is 2.16. The third-order valence-electron chi connectivity index (χ3n) is 4.07. The van der Waals surface area contributed by atoms with Crippen molar-refractivity contribution in [1.82, 2.24) is 14.9 Å². The molecule has 1 aromatic heterocycles.